The number of rotatable bonds is 5. The Bertz CT molecular complexity index is 310. The third-order valence-electron chi connectivity index (χ3n) is 2.00. The van der Waals surface area contributed by atoms with E-state index in [9.17, 15) is 4.79 Å². The van der Waals surface area contributed by atoms with E-state index in [2.05, 4.69) is 0 Å². The molecule has 76 valence electrons. The van der Waals surface area contributed by atoms with Crippen molar-refractivity contribution in [1.29, 1.82) is 0 Å². The van der Waals surface area contributed by atoms with Crippen molar-refractivity contribution in [2.45, 2.75) is 19.3 Å². The van der Waals surface area contributed by atoms with Gasteiger partial charge in [0.15, 0.2) is 0 Å². The minimum atomic E-state index is 0.602. The molecule has 0 unspecified atom stereocenters. The van der Waals surface area contributed by atoms with Gasteiger partial charge in [0.25, 0.3) is 0 Å². The van der Waals surface area contributed by atoms with Crippen LogP contribution >= 0.6 is 11.6 Å². The Morgan fingerprint density at radius 3 is 2.93 bits per heavy atom. The number of carbonyl (C=O) groups excluding carboxylic acids is 1. The normalized spacial score (nSPS) is 9.86. The molecule has 0 bridgehead atoms. The molecule has 0 aliphatic carbocycles. The summed E-state index contributed by atoms with van der Waals surface area (Å²) >= 11 is 5.88. The van der Waals surface area contributed by atoms with Crippen LogP contribution < -0.4 is 4.74 Å². The van der Waals surface area contributed by atoms with Crippen molar-refractivity contribution in [3.05, 3.63) is 28.8 Å². The van der Waals surface area contributed by atoms with Crippen LogP contribution in [0.25, 0.3) is 0 Å². The van der Waals surface area contributed by atoms with E-state index in [0.717, 1.165) is 24.7 Å². The molecule has 14 heavy (non-hydrogen) atoms. The number of benzene rings is 1. The van der Waals surface area contributed by atoms with Crippen molar-refractivity contribution < 1.29 is 9.53 Å². The first-order valence-electron chi connectivity index (χ1n) is 4.54. The Hall–Kier alpha value is -1.02. The molecule has 0 aliphatic rings. The fourth-order valence-corrected chi connectivity index (χ4v) is 1.44. The number of methoxy groups -OCH3 is 1. The Balaban J connectivity index is 2.64. The minimum Gasteiger partial charge on any atom is -0.495 e. The average Bonchev–Trinajstić information content (AvgIpc) is 2.21. The second-order valence-electron chi connectivity index (χ2n) is 3.03. The minimum absolute atomic E-state index is 0.602. The maximum absolute atomic E-state index is 10.1. The van der Waals surface area contributed by atoms with E-state index in [0.29, 0.717) is 17.2 Å². The SMILES string of the molecule is COc1cc(CCCC=O)ccc1Cl. The predicted molar refractivity (Wildman–Crippen MR) is 57.0 cm³/mol. The summed E-state index contributed by atoms with van der Waals surface area (Å²) in [6, 6.07) is 5.68. The maximum Gasteiger partial charge on any atom is 0.137 e. The first-order chi connectivity index (χ1) is 6.77. The molecule has 0 saturated heterocycles. The van der Waals surface area contributed by atoms with Crippen molar-refractivity contribution in [1.82, 2.24) is 0 Å². The third kappa shape index (κ3) is 3.04. The molecule has 0 radical (unpaired) electrons. The number of carbonyl (C=O) groups is 1. The highest BCUT2D eigenvalue weighted by Gasteiger charge is 2.01. The number of hydrogen-bond donors (Lipinski definition) is 0. The van der Waals surface area contributed by atoms with Gasteiger partial charge in [-0.2, -0.15) is 0 Å². The Kier molecular flexibility index (Phi) is 4.47. The number of unbranched alkanes of at least 4 members (excludes halogenated alkanes) is 1. The van der Waals surface area contributed by atoms with E-state index in [1.165, 1.54) is 0 Å². The largest absolute Gasteiger partial charge is 0.495 e. The summed E-state index contributed by atoms with van der Waals surface area (Å²) in [7, 11) is 1.59. The molecular weight excluding hydrogens is 200 g/mol. The zero-order valence-corrected chi connectivity index (χ0v) is 8.88. The number of aldehydes is 1. The van der Waals surface area contributed by atoms with Gasteiger partial charge in [-0.3, -0.25) is 0 Å². The monoisotopic (exact) mass is 212 g/mol. The second kappa shape index (κ2) is 5.66. The van der Waals surface area contributed by atoms with Gasteiger partial charge < -0.3 is 9.53 Å². The summed E-state index contributed by atoms with van der Waals surface area (Å²) in [5.74, 6) is 0.690. The molecule has 0 aromatic heterocycles. The van der Waals surface area contributed by atoms with Crippen LogP contribution in [-0.4, -0.2) is 13.4 Å². The molecule has 0 heterocycles. The summed E-state index contributed by atoms with van der Waals surface area (Å²) in [6.07, 6.45) is 3.29. The topological polar surface area (TPSA) is 26.3 Å². The smallest absolute Gasteiger partial charge is 0.137 e. The zero-order valence-electron chi connectivity index (χ0n) is 8.13. The van der Waals surface area contributed by atoms with Crippen LogP contribution in [0, 0.1) is 0 Å². The molecule has 0 spiro atoms. The molecule has 1 rings (SSSR count). The number of hydrogen-bond acceptors (Lipinski definition) is 2. The molecule has 0 amide bonds. The summed E-state index contributed by atoms with van der Waals surface area (Å²) in [5.41, 5.74) is 1.15. The Morgan fingerprint density at radius 2 is 2.29 bits per heavy atom. The van der Waals surface area contributed by atoms with Gasteiger partial charge in [-0.25, -0.2) is 0 Å². The van der Waals surface area contributed by atoms with E-state index in [-0.39, 0.29) is 0 Å². The van der Waals surface area contributed by atoms with Crippen LogP contribution in [0.4, 0.5) is 0 Å². The third-order valence-corrected chi connectivity index (χ3v) is 2.32. The highest BCUT2D eigenvalue weighted by Crippen LogP contribution is 2.25. The van der Waals surface area contributed by atoms with Crippen LogP contribution in [-0.2, 0) is 11.2 Å². The van der Waals surface area contributed by atoms with Crippen LogP contribution in [0.1, 0.15) is 18.4 Å². The Labute approximate surface area is 88.8 Å². The molecular formula is C11H13ClO2. The van der Waals surface area contributed by atoms with E-state index in [4.69, 9.17) is 16.3 Å². The van der Waals surface area contributed by atoms with Gasteiger partial charge in [-0.1, -0.05) is 17.7 Å². The van der Waals surface area contributed by atoms with Crippen molar-refractivity contribution >= 4 is 17.9 Å². The van der Waals surface area contributed by atoms with Crippen molar-refractivity contribution in [3.63, 3.8) is 0 Å². The molecule has 1 aromatic rings. The van der Waals surface area contributed by atoms with E-state index in [1.807, 2.05) is 18.2 Å². The predicted octanol–water partition coefficient (Wildman–Crippen LogP) is 2.87. The molecule has 0 atom stereocenters. The number of halogens is 1. The highest BCUT2D eigenvalue weighted by molar-refractivity contribution is 6.32. The van der Waals surface area contributed by atoms with Crippen LogP contribution in [0.5, 0.6) is 5.75 Å². The van der Waals surface area contributed by atoms with Crippen LogP contribution in [0.2, 0.25) is 5.02 Å². The van der Waals surface area contributed by atoms with E-state index in [1.54, 1.807) is 7.11 Å². The summed E-state index contributed by atoms with van der Waals surface area (Å²) in [6.45, 7) is 0. The van der Waals surface area contributed by atoms with E-state index < -0.39 is 0 Å². The van der Waals surface area contributed by atoms with Crippen LogP contribution in [0.3, 0.4) is 0 Å². The summed E-state index contributed by atoms with van der Waals surface area (Å²) in [4.78, 5) is 10.1. The molecule has 2 nitrogen and oxygen atoms in total. The van der Waals surface area contributed by atoms with Gasteiger partial charge in [0, 0.05) is 6.42 Å². The second-order valence-corrected chi connectivity index (χ2v) is 3.43. The lowest BCUT2D eigenvalue weighted by Gasteiger charge is -2.05. The standard InChI is InChI=1S/C11H13ClO2/c1-14-11-8-9(4-2-3-7-13)5-6-10(11)12/h5-8H,2-4H2,1H3. The lowest BCUT2D eigenvalue weighted by molar-refractivity contribution is -0.107. The average molecular weight is 213 g/mol. The highest BCUT2D eigenvalue weighted by atomic mass is 35.5. The van der Waals surface area contributed by atoms with Crippen molar-refractivity contribution in [2.24, 2.45) is 0 Å². The Morgan fingerprint density at radius 1 is 1.50 bits per heavy atom. The lowest BCUT2D eigenvalue weighted by atomic mass is 10.1. The number of aryl methyl sites for hydroxylation is 1. The molecule has 3 heteroatoms. The molecule has 0 saturated carbocycles. The first-order valence-corrected chi connectivity index (χ1v) is 4.91. The van der Waals surface area contributed by atoms with Gasteiger partial charge in [0.2, 0.25) is 0 Å². The van der Waals surface area contributed by atoms with Gasteiger partial charge in [0.05, 0.1) is 12.1 Å². The molecule has 0 aliphatic heterocycles. The molecule has 0 fully saturated rings. The maximum atomic E-state index is 10.1. The van der Waals surface area contributed by atoms with Gasteiger partial charge in [-0.05, 0) is 30.5 Å². The van der Waals surface area contributed by atoms with Gasteiger partial charge in [0.1, 0.15) is 12.0 Å². The number of ether oxygens (including phenoxy) is 1. The quantitative estimate of drug-likeness (QED) is 0.554. The lowest BCUT2D eigenvalue weighted by Crippen LogP contribution is -1.89. The van der Waals surface area contributed by atoms with Crippen molar-refractivity contribution in [2.75, 3.05) is 7.11 Å². The van der Waals surface area contributed by atoms with Gasteiger partial charge in [-0.15, -0.1) is 0 Å². The zero-order chi connectivity index (χ0) is 10.4. The summed E-state index contributed by atoms with van der Waals surface area (Å²) < 4.78 is 5.09. The fraction of sp³-hybridized carbons (Fsp3) is 0.364. The van der Waals surface area contributed by atoms with E-state index >= 15 is 0 Å². The molecule has 1 aromatic carbocycles. The fourth-order valence-electron chi connectivity index (χ4n) is 1.25. The summed E-state index contributed by atoms with van der Waals surface area (Å²) in [5, 5.41) is 0.617. The van der Waals surface area contributed by atoms with Crippen molar-refractivity contribution in [3.8, 4) is 5.75 Å². The first kappa shape index (κ1) is 11.1. The van der Waals surface area contributed by atoms with Gasteiger partial charge >= 0.3 is 0 Å². The molecule has 0 N–H and O–H groups in total. The van der Waals surface area contributed by atoms with Crippen LogP contribution in [0.15, 0.2) is 18.2 Å².